The number of rotatable bonds is 5. The number of hydrogen-bond donors (Lipinski definition) is 1. The average Bonchev–Trinajstić information content (AvgIpc) is 3.17. The van der Waals surface area contributed by atoms with Gasteiger partial charge in [-0.3, -0.25) is 0 Å². The fourth-order valence-electron chi connectivity index (χ4n) is 1.69. The van der Waals surface area contributed by atoms with Gasteiger partial charge in [0.05, 0.1) is 16.3 Å². The quantitative estimate of drug-likeness (QED) is 0.771. The lowest BCUT2D eigenvalue weighted by atomic mass is 10.4. The first-order valence-corrected chi connectivity index (χ1v) is 8.52. The van der Waals surface area contributed by atoms with Gasteiger partial charge in [-0.2, -0.15) is 4.98 Å². The van der Waals surface area contributed by atoms with Gasteiger partial charge in [0, 0.05) is 0 Å². The van der Waals surface area contributed by atoms with E-state index in [1.807, 2.05) is 17.5 Å². The molecule has 2 heterocycles. The molecule has 9 heteroatoms. The summed E-state index contributed by atoms with van der Waals surface area (Å²) in [7, 11) is -3.76. The molecule has 114 valence electrons. The Balaban J connectivity index is 1.71. The highest BCUT2D eigenvalue weighted by molar-refractivity contribution is 7.89. The average molecular weight is 339 g/mol. The Labute approximate surface area is 129 Å². The minimum absolute atomic E-state index is 0.0353. The summed E-state index contributed by atoms with van der Waals surface area (Å²) in [5, 5.41) is 5.66. The maximum absolute atomic E-state index is 12.8. The zero-order valence-electron chi connectivity index (χ0n) is 11.1. The fraction of sp³-hybridized carbons (Fsp3) is 0.0769. The zero-order chi connectivity index (χ0) is 15.6. The first kappa shape index (κ1) is 14.8. The molecule has 0 saturated carbocycles. The maximum atomic E-state index is 12.8. The molecule has 6 nitrogen and oxygen atoms in total. The minimum atomic E-state index is -3.76. The van der Waals surface area contributed by atoms with E-state index in [9.17, 15) is 12.8 Å². The van der Waals surface area contributed by atoms with E-state index in [0.717, 1.165) is 17.0 Å². The van der Waals surface area contributed by atoms with Gasteiger partial charge in [-0.25, -0.2) is 17.5 Å². The molecule has 0 unspecified atom stereocenters. The van der Waals surface area contributed by atoms with Crippen LogP contribution in [0.4, 0.5) is 4.39 Å². The molecule has 0 aliphatic heterocycles. The van der Waals surface area contributed by atoms with Crippen LogP contribution < -0.4 is 4.72 Å². The summed E-state index contributed by atoms with van der Waals surface area (Å²) in [5.41, 5.74) is 0. The summed E-state index contributed by atoms with van der Waals surface area (Å²) >= 11 is 1.45. The normalized spacial score (nSPS) is 11.7. The molecular weight excluding hydrogens is 329 g/mol. The number of hydrogen-bond acceptors (Lipinski definition) is 6. The van der Waals surface area contributed by atoms with E-state index < -0.39 is 15.8 Å². The van der Waals surface area contributed by atoms with Crippen LogP contribution in [0.3, 0.4) is 0 Å². The molecule has 3 rings (SSSR count). The van der Waals surface area contributed by atoms with Crippen molar-refractivity contribution in [3.8, 4) is 10.7 Å². The number of thiophene rings is 1. The Morgan fingerprint density at radius 1 is 1.23 bits per heavy atom. The van der Waals surface area contributed by atoms with Gasteiger partial charge in [0.1, 0.15) is 5.82 Å². The molecule has 0 spiro atoms. The third kappa shape index (κ3) is 3.21. The van der Waals surface area contributed by atoms with Crippen molar-refractivity contribution in [3.63, 3.8) is 0 Å². The van der Waals surface area contributed by atoms with Crippen molar-refractivity contribution in [1.29, 1.82) is 0 Å². The summed E-state index contributed by atoms with van der Waals surface area (Å²) in [4.78, 5) is 4.90. The predicted octanol–water partition coefficient (Wildman–Crippen LogP) is 2.42. The zero-order valence-corrected chi connectivity index (χ0v) is 12.7. The highest BCUT2D eigenvalue weighted by atomic mass is 32.2. The third-order valence-corrected chi connectivity index (χ3v) is 5.03. The summed E-state index contributed by atoms with van der Waals surface area (Å²) in [6, 6.07) is 8.21. The van der Waals surface area contributed by atoms with Gasteiger partial charge < -0.3 is 4.52 Å². The number of benzene rings is 1. The van der Waals surface area contributed by atoms with E-state index in [-0.39, 0.29) is 17.3 Å². The molecule has 0 aliphatic rings. The third-order valence-electron chi connectivity index (χ3n) is 2.75. The van der Waals surface area contributed by atoms with Gasteiger partial charge in [-0.15, -0.1) is 11.3 Å². The Hall–Kier alpha value is -2.10. The van der Waals surface area contributed by atoms with Gasteiger partial charge in [0.15, 0.2) is 0 Å². The van der Waals surface area contributed by atoms with E-state index in [2.05, 4.69) is 14.9 Å². The van der Waals surface area contributed by atoms with Crippen molar-refractivity contribution in [1.82, 2.24) is 14.9 Å². The topological polar surface area (TPSA) is 85.1 Å². The monoisotopic (exact) mass is 339 g/mol. The first-order chi connectivity index (χ1) is 10.5. The molecule has 0 radical (unpaired) electrons. The van der Waals surface area contributed by atoms with Crippen molar-refractivity contribution in [3.05, 3.63) is 53.5 Å². The van der Waals surface area contributed by atoms with E-state index in [4.69, 9.17) is 4.52 Å². The molecule has 0 fully saturated rings. The van der Waals surface area contributed by atoms with Crippen molar-refractivity contribution in [2.75, 3.05) is 0 Å². The number of aromatic nitrogens is 2. The van der Waals surface area contributed by atoms with Crippen LogP contribution in [0.15, 0.2) is 51.2 Å². The van der Waals surface area contributed by atoms with Gasteiger partial charge >= 0.3 is 0 Å². The van der Waals surface area contributed by atoms with Gasteiger partial charge in [-0.1, -0.05) is 11.2 Å². The molecule has 0 aliphatic carbocycles. The molecule has 0 saturated heterocycles. The minimum Gasteiger partial charge on any atom is -0.337 e. The molecule has 1 aromatic carbocycles. The number of nitrogens with zero attached hydrogens (tertiary/aromatic N) is 2. The second-order valence-corrected chi connectivity index (χ2v) is 6.98. The molecule has 1 N–H and O–H groups in total. The Bertz CT molecular complexity index is 858. The summed E-state index contributed by atoms with van der Waals surface area (Å²) in [6.07, 6.45) is 0. The molecule has 0 atom stereocenters. The van der Waals surface area contributed by atoms with Crippen LogP contribution in [0.25, 0.3) is 10.7 Å². The van der Waals surface area contributed by atoms with E-state index in [0.29, 0.717) is 5.82 Å². The van der Waals surface area contributed by atoms with Crippen LogP contribution in [0.1, 0.15) is 5.89 Å². The Kier molecular flexibility index (Phi) is 4.01. The van der Waals surface area contributed by atoms with Gasteiger partial charge in [-0.05, 0) is 35.7 Å². The van der Waals surface area contributed by atoms with E-state index in [1.54, 1.807) is 0 Å². The van der Waals surface area contributed by atoms with Crippen LogP contribution in [0.5, 0.6) is 0 Å². The van der Waals surface area contributed by atoms with Crippen LogP contribution in [0.2, 0.25) is 0 Å². The Morgan fingerprint density at radius 2 is 2.00 bits per heavy atom. The lowest BCUT2D eigenvalue weighted by Gasteiger charge is -2.04. The van der Waals surface area contributed by atoms with Crippen molar-refractivity contribution in [2.24, 2.45) is 0 Å². The second-order valence-electron chi connectivity index (χ2n) is 4.27. The highest BCUT2D eigenvalue weighted by Crippen LogP contribution is 2.21. The van der Waals surface area contributed by atoms with Crippen molar-refractivity contribution >= 4 is 21.4 Å². The van der Waals surface area contributed by atoms with E-state index >= 15 is 0 Å². The maximum Gasteiger partial charge on any atom is 0.242 e. The number of nitrogens with one attached hydrogen (secondary N) is 1. The van der Waals surface area contributed by atoms with Crippen LogP contribution in [-0.4, -0.2) is 18.6 Å². The largest absolute Gasteiger partial charge is 0.337 e. The molecule has 0 amide bonds. The summed E-state index contributed by atoms with van der Waals surface area (Å²) < 4.78 is 44.2. The fourth-order valence-corrected chi connectivity index (χ4v) is 3.31. The van der Waals surface area contributed by atoms with Crippen LogP contribution >= 0.6 is 11.3 Å². The highest BCUT2D eigenvalue weighted by Gasteiger charge is 2.16. The predicted molar refractivity (Wildman–Crippen MR) is 78.0 cm³/mol. The summed E-state index contributed by atoms with van der Waals surface area (Å²) in [5.74, 6) is 0.0523. The van der Waals surface area contributed by atoms with Gasteiger partial charge in [0.2, 0.25) is 21.7 Å². The molecular formula is C13H10FN3O3S2. The molecule has 2 aromatic heterocycles. The Morgan fingerprint density at radius 3 is 2.68 bits per heavy atom. The van der Waals surface area contributed by atoms with Crippen LogP contribution in [-0.2, 0) is 16.6 Å². The van der Waals surface area contributed by atoms with Gasteiger partial charge in [0.25, 0.3) is 0 Å². The second kappa shape index (κ2) is 5.95. The number of halogens is 1. The summed E-state index contributed by atoms with van der Waals surface area (Å²) in [6.45, 7) is -0.141. The molecule has 0 bridgehead atoms. The van der Waals surface area contributed by atoms with Crippen molar-refractivity contribution in [2.45, 2.75) is 11.4 Å². The molecule has 22 heavy (non-hydrogen) atoms. The smallest absolute Gasteiger partial charge is 0.242 e. The van der Waals surface area contributed by atoms with E-state index in [1.165, 1.54) is 23.5 Å². The SMILES string of the molecule is O=S(=O)(NCc1nc(-c2cccs2)no1)c1ccc(F)cc1. The van der Waals surface area contributed by atoms with Crippen molar-refractivity contribution < 1.29 is 17.3 Å². The standard InChI is InChI=1S/C13H10FN3O3S2/c14-9-3-5-10(6-4-9)22(18,19)15-8-12-16-13(17-20-12)11-2-1-7-21-11/h1-7,15H,8H2. The molecule has 3 aromatic rings. The number of sulfonamides is 1. The first-order valence-electron chi connectivity index (χ1n) is 6.16. The van der Waals surface area contributed by atoms with Crippen LogP contribution in [0, 0.1) is 5.82 Å². The lowest BCUT2D eigenvalue weighted by molar-refractivity contribution is 0.376. The lowest BCUT2D eigenvalue weighted by Crippen LogP contribution is -2.23.